The van der Waals surface area contributed by atoms with Gasteiger partial charge in [0.25, 0.3) is 0 Å². The van der Waals surface area contributed by atoms with Crippen LogP contribution in [0.5, 0.6) is 5.88 Å². The molecule has 28 heavy (non-hydrogen) atoms. The van der Waals surface area contributed by atoms with E-state index >= 15 is 0 Å². The average Bonchev–Trinajstić information content (AvgIpc) is 3.05. The summed E-state index contributed by atoms with van der Waals surface area (Å²) < 4.78 is 11.5. The number of aromatic nitrogens is 2. The molecule has 0 fully saturated rings. The number of nitrogens with one attached hydrogen (secondary N) is 2. The van der Waals surface area contributed by atoms with Crippen molar-refractivity contribution in [1.29, 1.82) is 0 Å². The van der Waals surface area contributed by atoms with Crippen molar-refractivity contribution >= 4 is 5.96 Å². The van der Waals surface area contributed by atoms with Gasteiger partial charge in [-0.25, -0.2) is 9.97 Å². The van der Waals surface area contributed by atoms with Crippen LogP contribution >= 0.6 is 0 Å². The fourth-order valence-corrected chi connectivity index (χ4v) is 2.59. The van der Waals surface area contributed by atoms with Gasteiger partial charge in [0.1, 0.15) is 12.4 Å². The maximum absolute atomic E-state index is 5.90. The number of benzene rings is 1. The van der Waals surface area contributed by atoms with Crippen molar-refractivity contribution in [2.75, 3.05) is 7.05 Å². The van der Waals surface area contributed by atoms with Gasteiger partial charge in [0, 0.05) is 25.4 Å². The van der Waals surface area contributed by atoms with Crippen LogP contribution in [0, 0.1) is 13.8 Å². The highest BCUT2D eigenvalue weighted by Crippen LogP contribution is 2.16. The summed E-state index contributed by atoms with van der Waals surface area (Å²) in [5.74, 6) is 2.71. The molecule has 2 N–H and O–H groups in total. The number of aliphatic imine (C=N–C) groups is 1. The molecule has 3 rings (SSSR count). The first-order valence-corrected chi connectivity index (χ1v) is 9.13. The number of guanidine groups is 1. The van der Waals surface area contributed by atoms with Crippen LogP contribution in [-0.4, -0.2) is 23.0 Å². The normalized spacial score (nSPS) is 11.3. The lowest BCUT2D eigenvalue weighted by Gasteiger charge is -2.13. The number of oxazole rings is 1. The van der Waals surface area contributed by atoms with Gasteiger partial charge in [-0.2, -0.15) is 0 Å². The summed E-state index contributed by atoms with van der Waals surface area (Å²) in [6, 6.07) is 13.9. The molecule has 0 saturated heterocycles. The predicted octanol–water partition coefficient (Wildman–Crippen LogP) is 3.13. The molecular weight excluding hydrogens is 354 g/mol. The fraction of sp³-hybridized carbons (Fsp3) is 0.286. The summed E-state index contributed by atoms with van der Waals surface area (Å²) in [7, 11) is 1.72. The fourth-order valence-electron chi connectivity index (χ4n) is 2.59. The van der Waals surface area contributed by atoms with Gasteiger partial charge in [-0.3, -0.25) is 4.99 Å². The van der Waals surface area contributed by atoms with E-state index in [1.807, 2.05) is 56.3 Å². The Balaban J connectivity index is 1.55. The van der Waals surface area contributed by atoms with E-state index in [4.69, 9.17) is 9.15 Å². The molecule has 0 radical (unpaired) electrons. The van der Waals surface area contributed by atoms with Crippen molar-refractivity contribution in [2.45, 2.75) is 33.5 Å². The van der Waals surface area contributed by atoms with Crippen molar-refractivity contribution in [3.63, 3.8) is 0 Å². The Hall–Kier alpha value is -3.35. The van der Waals surface area contributed by atoms with Crippen LogP contribution in [-0.2, 0) is 19.7 Å². The summed E-state index contributed by atoms with van der Waals surface area (Å²) in [6.07, 6.45) is 1.73. The lowest BCUT2D eigenvalue weighted by Crippen LogP contribution is -2.36. The van der Waals surface area contributed by atoms with Crippen molar-refractivity contribution in [3.8, 4) is 5.88 Å². The van der Waals surface area contributed by atoms with Crippen LogP contribution in [0.3, 0.4) is 0 Å². The maximum Gasteiger partial charge on any atom is 0.218 e. The third-order valence-electron chi connectivity index (χ3n) is 4.22. The van der Waals surface area contributed by atoms with E-state index in [1.165, 1.54) is 0 Å². The van der Waals surface area contributed by atoms with Gasteiger partial charge in [0.05, 0.1) is 12.2 Å². The molecule has 0 atom stereocenters. The molecule has 0 unspecified atom stereocenters. The van der Waals surface area contributed by atoms with E-state index in [2.05, 4.69) is 25.6 Å². The van der Waals surface area contributed by atoms with E-state index in [1.54, 1.807) is 13.2 Å². The number of pyridine rings is 1. The smallest absolute Gasteiger partial charge is 0.218 e. The van der Waals surface area contributed by atoms with Crippen LogP contribution in [0.25, 0.3) is 0 Å². The van der Waals surface area contributed by atoms with Gasteiger partial charge < -0.3 is 19.8 Å². The van der Waals surface area contributed by atoms with Gasteiger partial charge in [0.15, 0.2) is 5.96 Å². The van der Waals surface area contributed by atoms with E-state index in [0.717, 1.165) is 22.6 Å². The zero-order chi connectivity index (χ0) is 19.8. The molecule has 3 aromatic rings. The van der Waals surface area contributed by atoms with Gasteiger partial charge in [-0.05, 0) is 25.5 Å². The number of ether oxygens (including phenoxy) is 1. The number of rotatable bonds is 7. The minimum Gasteiger partial charge on any atom is -0.473 e. The molecule has 0 bridgehead atoms. The highest BCUT2D eigenvalue weighted by Gasteiger charge is 2.09. The monoisotopic (exact) mass is 379 g/mol. The Morgan fingerprint density at radius 2 is 1.86 bits per heavy atom. The minimum absolute atomic E-state index is 0.457. The summed E-state index contributed by atoms with van der Waals surface area (Å²) in [5.41, 5.74) is 2.94. The molecule has 146 valence electrons. The van der Waals surface area contributed by atoms with Crippen LogP contribution in [0.15, 0.2) is 58.1 Å². The van der Waals surface area contributed by atoms with Gasteiger partial charge >= 0.3 is 0 Å². The second kappa shape index (κ2) is 9.55. The molecular formula is C21H25N5O2. The Kier molecular flexibility index (Phi) is 6.62. The molecule has 0 amide bonds. The third-order valence-corrected chi connectivity index (χ3v) is 4.22. The standard InChI is InChI=1S/C21H25N5O2/c1-15-16(2)28-19(26-15)13-25-21(22-3)24-12-18-10-7-11-23-20(18)27-14-17-8-5-4-6-9-17/h4-11H,12-14H2,1-3H3,(H2,22,24,25). The maximum atomic E-state index is 5.90. The minimum atomic E-state index is 0.457. The largest absolute Gasteiger partial charge is 0.473 e. The van der Waals surface area contributed by atoms with Gasteiger partial charge in [-0.15, -0.1) is 0 Å². The molecule has 7 heteroatoms. The van der Waals surface area contributed by atoms with Crippen LogP contribution in [0.2, 0.25) is 0 Å². The Morgan fingerprint density at radius 1 is 1.07 bits per heavy atom. The first-order chi connectivity index (χ1) is 13.7. The van der Waals surface area contributed by atoms with E-state index in [-0.39, 0.29) is 0 Å². The molecule has 0 aliphatic rings. The van der Waals surface area contributed by atoms with E-state index in [9.17, 15) is 0 Å². The van der Waals surface area contributed by atoms with E-state index in [0.29, 0.717) is 37.4 Å². The second-order valence-corrected chi connectivity index (χ2v) is 6.27. The van der Waals surface area contributed by atoms with Crippen molar-refractivity contribution in [2.24, 2.45) is 4.99 Å². The number of nitrogens with zero attached hydrogens (tertiary/aromatic N) is 3. The highest BCUT2D eigenvalue weighted by atomic mass is 16.5. The topological polar surface area (TPSA) is 84.6 Å². The second-order valence-electron chi connectivity index (χ2n) is 6.27. The van der Waals surface area contributed by atoms with Crippen LogP contribution in [0.1, 0.15) is 28.5 Å². The molecule has 0 aliphatic heterocycles. The highest BCUT2D eigenvalue weighted by molar-refractivity contribution is 5.79. The summed E-state index contributed by atoms with van der Waals surface area (Å²) in [5, 5.41) is 6.46. The first kappa shape index (κ1) is 19.4. The van der Waals surface area contributed by atoms with Gasteiger partial charge in [0.2, 0.25) is 11.8 Å². The number of hydrogen-bond donors (Lipinski definition) is 2. The quantitative estimate of drug-likeness (QED) is 0.485. The number of aryl methyl sites for hydroxylation is 2. The molecule has 0 saturated carbocycles. The third kappa shape index (κ3) is 5.33. The lowest BCUT2D eigenvalue weighted by atomic mass is 10.2. The zero-order valence-corrected chi connectivity index (χ0v) is 16.4. The molecule has 2 heterocycles. The summed E-state index contributed by atoms with van der Waals surface area (Å²) in [6.45, 7) is 5.29. The predicted molar refractivity (Wildman–Crippen MR) is 108 cm³/mol. The number of hydrogen-bond acceptors (Lipinski definition) is 5. The molecule has 0 spiro atoms. The molecule has 0 aliphatic carbocycles. The van der Waals surface area contributed by atoms with Gasteiger partial charge in [-0.1, -0.05) is 36.4 Å². The lowest BCUT2D eigenvalue weighted by molar-refractivity contribution is 0.290. The Labute approximate surface area is 164 Å². The molecule has 7 nitrogen and oxygen atoms in total. The first-order valence-electron chi connectivity index (χ1n) is 9.13. The Morgan fingerprint density at radius 3 is 2.57 bits per heavy atom. The van der Waals surface area contributed by atoms with Crippen LogP contribution < -0.4 is 15.4 Å². The van der Waals surface area contributed by atoms with Crippen molar-refractivity contribution < 1.29 is 9.15 Å². The summed E-state index contributed by atoms with van der Waals surface area (Å²) >= 11 is 0. The summed E-state index contributed by atoms with van der Waals surface area (Å²) in [4.78, 5) is 13.0. The van der Waals surface area contributed by atoms with Crippen LogP contribution in [0.4, 0.5) is 0 Å². The SMILES string of the molecule is CN=C(NCc1nc(C)c(C)o1)NCc1cccnc1OCc1ccccc1. The van der Waals surface area contributed by atoms with Crippen molar-refractivity contribution in [3.05, 3.63) is 77.1 Å². The molecule has 1 aromatic carbocycles. The zero-order valence-electron chi connectivity index (χ0n) is 16.4. The molecule has 2 aromatic heterocycles. The average molecular weight is 379 g/mol. The van der Waals surface area contributed by atoms with E-state index < -0.39 is 0 Å². The Bertz CT molecular complexity index is 902. The van der Waals surface area contributed by atoms with Crippen molar-refractivity contribution in [1.82, 2.24) is 20.6 Å².